The summed E-state index contributed by atoms with van der Waals surface area (Å²) >= 11 is 0. The van der Waals surface area contributed by atoms with Crippen LogP contribution >= 0.6 is 0 Å². The molecule has 2 aromatic rings. The fourth-order valence-electron chi connectivity index (χ4n) is 3.32. The van der Waals surface area contributed by atoms with E-state index in [4.69, 9.17) is 0 Å². The molecule has 1 fully saturated rings. The van der Waals surface area contributed by atoms with Crippen LogP contribution in [0.3, 0.4) is 0 Å². The largest absolute Gasteiger partial charge is 0.481 e. The third kappa shape index (κ3) is 3.04. The maximum atomic E-state index is 12.2. The zero-order valence-corrected chi connectivity index (χ0v) is 12.6. The van der Waals surface area contributed by atoms with Crippen molar-refractivity contribution in [1.82, 2.24) is 9.88 Å². The molecular formula is C17H20N2O3. The van der Waals surface area contributed by atoms with Crippen LogP contribution in [0.5, 0.6) is 0 Å². The van der Waals surface area contributed by atoms with Crippen molar-refractivity contribution in [3.63, 3.8) is 0 Å². The standard InChI is InChI=1S/C17H20N2O3/c1-11-6-14(17(21)22)10-19(8-11)9-13-7-12-4-2-3-5-15(12)18-16(13)20/h2-5,7,11,14H,6,8-10H2,1H3,(H,18,20)(H,21,22)/t11-,14-/m0/s1. The van der Waals surface area contributed by atoms with Crippen molar-refractivity contribution in [2.24, 2.45) is 11.8 Å². The molecule has 22 heavy (non-hydrogen) atoms. The number of fused-ring (bicyclic) bond motifs is 1. The molecule has 5 nitrogen and oxygen atoms in total. The van der Waals surface area contributed by atoms with Gasteiger partial charge in [-0.05, 0) is 29.9 Å². The number of pyridine rings is 1. The number of rotatable bonds is 3. The molecule has 2 atom stereocenters. The number of aromatic nitrogens is 1. The summed E-state index contributed by atoms with van der Waals surface area (Å²) in [6, 6.07) is 9.58. The number of aliphatic carboxylic acids is 1. The van der Waals surface area contributed by atoms with E-state index >= 15 is 0 Å². The number of hydrogen-bond acceptors (Lipinski definition) is 3. The Morgan fingerprint density at radius 1 is 1.36 bits per heavy atom. The first-order valence-corrected chi connectivity index (χ1v) is 7.59. The number of H-pyrrole nitrogens is 1. The molecule has 1 aliphatic heterocycles. The Hall–Kier alpha value is -2.14. The molecular weight excluding hydrogens is 280 g/mol. The van der Waals surface area contributed by atoms with Crippen LogP contribution in [0.15, 0.2) is 35.1 Å². The van der Waals surface area contributed by atoms with Crippen LogP contribution in [0.2, 0.25) is 0 Å². The summed E-state index contributed by atoms with van der Waals surface area (Å²) in [5, 5.41) is 10.2. The topological polar surface area (TPSA) is 73.4 Å². The van der Waals surface area contributed by atoms with E-state index in [-0.39, 0.29) is 11.5 Å². The molecule has 0 saturated carbocycles. The Morgan fingerprint density at radius 3 is 2.91 bits per heavy atom. The maximum absolute atomic E-state index is 12.2. The molecule has 2 N–H and O–H groups in total. The lowest BCUT2D eigenvalue weighted by atomic mass is 9.90. The van der Waals surface area contributed by atoms with Gasteiger partial charge in [0.25, 0.3) is 5.56 Å². The molecule has 3 rings (SSSR count). The van der Waals surface area contributed by atoms with Crippen LogP contribution < -0.4 is 5.56 Å². The highest BCUT2D eigenvalue weighted by Crippen LogP contribution is 2.23. The van der Waals surface area contributed by atoms with Gasteiger partial charge in [-0.3, -0.25) is 14.5 Å². The third-order valence-electron chi connectivity index (χ3n) is 4.31. The van der Waals surface area contributed by atoms with E-state index < -0.39 is 5.97 Å². The van der Waals surface area contributed by atoms with E-state index in [1.807, 2.05) is 30.3 Å². The summed E-state index contributed by atoms with van der Waals surface area (Å²) < 4.78 is 0. The van der Waals surface area contributed by atoms with E-state index in [2.05, 4.69) is 16.8 Å². The Labute approximate surface area is 128 Å². The van der Waals surface area contributed by atoms with E-state index in [9.17, 15) is 14.7 Å². The summed E-state index contributed by atoms with van der Waals surface area (Å²) in [6.07, 6.45) is 0.708. The Balaban J connectivity index is 1.84. The smallest absolute Gasteiger partial charge is 0.307 e. The van der Waals surface area contributed by atoms with Crippen molar-refractivity contribution in [3.05, 3.63) is 46.2 Å². The molecule has 1 aromatic heterocycles. The Kier molecular flexibility index (Phi) is 3.98. The third-order valence-corrected chi connectivity index (χ3v) is 4.31. The van der Waals surface area contributed by atoms with E-state index in [0.29, 0.717) is 31.0 Å². The van der Waals surface area contributed by atoms with Crippen molar-refractivity contribution in [3.8, 4) is 0 Å². The summed E-state index contributed by atoms with van der Waals surface area (Å²) in [5.41, 5.74) is 1.42. The first-order chi connectivity index (χ1) is 10.5. The lowest BCUT2D eigenvalue weighted by Gasteiger charge is -2.34. The molecule has 1 aliphatic rings. The summed E-state index contributed by atoms with van der Waals surface area (Å²) in [7, 11) is 0. The molecule has 0 unspecified atom stereocenters. The molecule has 1 saturated heterocycles. The Bertz CT molecular complexity index is 753. The number of carboxylic acids is 1. The van der Waals surface area contributed by atoms with Crippen LogP contribution in [0.25, 0.3) is 10.9 Å². The van der Waals surface area contributed by atoms with E-state index in [1.54, 1.807) is 0 Å². The molecule has 0 spiro atoms. The summed E-state index contributed by atoms with van der Waals surface area (Å²) in [5.74, 6) is -0.762. The van der Waals surface area contributed by atoms with Gasteiger partial charge in [0.2, 0.25) is 0 Å². The predicted molar refractivity (Wildman–Crippen MR) is 84.8 cm³/mol. The number of nitrogens with one attached hydrogen (secondary N) is 1. The number of para-hydroxylation sites is 1. The van der Waals surface area contributed by atoms with Crippen molar-refractivity contribution < 1.29 is 9.90 Å². The number of carbonyl (C=O) groups is 1. The minimum atomic E-state index is -0.746. The van der Waals surface area contributed by atoms with Gasteiger partial charge in [-0.1, -0.05) is 25.1 Å². The van der Waals surface area contributed by atoms with Crippen LogP contribution in [-0.4, -0.2) is 34.0 Å². The average Bonchev–Trinajstić information content (AvgIpc) is 2.47. The zero-order valence-electron chi connectivity index (χ0n) is 12.6. The molecule has 2 heterocycles. The molecule has 0 bridgehead atoms. The minimum absolute atomic E-state index is 0.0937. The number of carboxylic acid groups (broad SMARTS) is 1. The second-order valence-electron chi connectivity index (χ2n) is 6.28. The van der Waals surface area contributed by atoms with Crippen molar-refractivity contribution in [2.45, 2.75) is 19.9 Å². The molecule has 5 heteroatoms. The summed E-state index contributed by atoms with van der Waals surface area (Å²) in [6.45, 7) is 3.89. The van der Waals surface area contributed by atoms with Gasteiger partial charge in [0.15, 0.2) is 0 Å². The lowest BCUT2D eigenvalue weighted by molar-refractivity contribution is -0.144. The zero-order chi connectivity index (χ0) is 15.7. The number of benzene rings is 1. The number of piperidine rings is 1. The SMILES string of the molecule is C[C@H]1C[C@H](C(=O)O)CN(Cc2cc3ccccc3[nH]c2=O)C1. The van der Waals surface area contributed by atoms with Gasteiger partial charge in [0.1, 0.15) is 0 Å². The Morgan fingerprint density at radius 2 is 2.14 bits per heavy atom. The molecule has 0 radical (unpaired) electrons. The van der Waals surface area contributed by atoms with Gasteiger partial charge < -0.3 is 10.1 Å². The van der Waals surface area contributed by atoms with Gasteiger partial charge in [-0.15, -0.1) is 0 Å². The fraction of sp³-hybridized carbons (Fsp3) is 0.412. The summed E-state index contributed by atoms with van der Waals surface area (Å²) in [4.78, 5) is 28.4. The van der Waals surface area contributed by atoms with Crippen molar-refractivity contribution in [2.75, 3.05) is 13.1 Å². The number of likely N-dealkylation sites (tertiary alicyclic amines) is 1. The van der Waals surface area contributed by atoms with Crippen molar-refractivity contribution >= 4 is 16.9 Å². The van der Waals surface area contributed by atoms with Gasteiger partial charge in [-0.2, -0.15) is 0 Å². The monoisotopic (exact) mass is 300 g/mol. The van der Waals surface area contributed by atoms with Crippen LogP contribution in [0.4, 0.5) is 0 Å². The van der Waals surface area contributed by atoms with E-state index in [1.165, 1.54) is 0 Å². The highest BCUT2D eigenvalue weighted by molar-refractivity contribution is 5.78. The van der Waals surface area contributed by atoms with Gasteiger partial charge in [0, 0.05) is 30.7 Å². The number of aromatic amines is 1. The quantitative estimate of drug-likeness (QED) is 0.910. The molecule has 0 aliphatic carbocycles. The predicted octanol–water partition coefficient (Wildman–Crippen LogP) is 2.07. The van der Waals surface area contributed by atoms with E-state index in [0.717, 1.165) is 17.4 Å². The lowest BCUT2D eigenvalue weighted by Crippen LogP contribution is -2.42. The molecule has 1 aromatic carbocycles. The average molecular weight is 300 g/mol. The maximum Gasteiger partial charge on any atom is 0.307 e. The second kappa shape index (κ2) is 5.93. The number of hydrogen-bond donors (Lipinski definition) is 2. The molecule has 116 valence electrons. The highest BCUT2D eigenvalue weighted by Gasteiger charge is 2.29. The first-order valence-electron chi connectivity index (χ1n) is 7.59. The minimum Gasteiger partial charge on any atom is -0.481 e. The number of nitrogens with zero attached hydrogens (tertiary/aromatic N) is 1. The second-order valence-corrected chi connectivity index (χ2v) is 6.28. The van der Waals surface area contributed by atoms with Crippen LogP contribution in [0.1, 0.15) is 18.9 Å². The van der Waals surface area contributed by atoms with Gasteiger partial charge in [-0.25, -0.2) is 0 Å². The first kappa shape index (κ1) is 14.8. The van der Waals surface area contributed by atoms with Gasteiger partial charge >= 0.3 is 5.97 Å². The van der Waals surface area contributed by atoms with Crippen LogP contribution in [-0.2, 0) is 11.3 Å². The fourth-order valence-corrected chi connectivity index (χ4v) is 3.32. The van der Waals surface area contributed by atoms with Crippen LogP contribution in [0, 0.1) is 11.8 Å². The van der Waals surface area contributed by atoms with Crippen molar-refractivity contribution in [1.29, 1.82) is 0 Å². The normalized spacial score (nSPS) is 22.8. The van der Waals surface area contributed by atoms with Gasteiger partial charge in [0.05, 0.1) is 5.92 Å². The highest BCUT2D eigenvalue weighted by atomic mass is 16.4. The molecule has 0 amide bonds.